The largest absolute Gasteiger partial charge is 0.438 e. The second-order valence-electron chi connectivity index (χ2n) is 6.92. The first-order valence-corrected chi connectivity index (χ1v) is 8.54. The highest BCUT2D eigenvalue weighted by Gasteiger charge is 2.72. The summed E-state index contributed by atoms with van der Waals surface area (Å²) in [5.41, 5.74) is -0.472. The predicted octanol–water partition coefficient (Wildman–Crippen LogP) is 3.18. The summed E-state index contributed by atoms with van der Waals surface area (Å²) in [4.78, 5) is 23.8. The van der Waals surface area contributed by atoms with Crippen LogP contribution in [0.4, 0.5) is 13.6 Å². The molecule has 0 aliphatic heterocycles. The Balaban J connectivity index is 1.97. The molecule has 4 nitrogen and oxygen atoms in total. The maximum absolute atomic E-state index is 13.2. The van der Waals surface area contributed by atoms with Gasteiger partial charge in [0.05, 0.1) is 4.43 Å². The van der Waals surface area contributed by atoms with E-state index in [2.05, 4.69) is 5.32 Å². The van der Waals surface area contributed by atoms with Crippen LogP contribution in [0.25, 0.3) is 0 Å². The van der Waals surface area contributed by atoms with E-state index in [1.54, 1.807) is 20.8 Å². The van der Waals surface area contributed by atoms with Crippen LogP contribution in [-0.4, -0.2) is 33.9 Å². The molecule has 1 N–H and O–H groups in total. The average Bonchev–Trinajstić information content (AvgIpc) is 2.75. The number of carbonyl (C=O) groups is 2. The summed E-state index contributed by atoms with van der Waals surface area (Å²) < 4.78 is 31.9. The van der Waals surface area contributed by atoms with E-state index in [1.807, 2.05) is 22.6 Å². The van der Waals surface area contributed by atoms with Crippen molar-refractivity contribution in [1.29, 1.82) is 0 Å². The number of alkyl carbamates (subject to hydrolysis) is 1. The summed E-state index contributed by atoms with van der Waals surface area (Å²) in [7, 11) is 0. The van der Waals surface area contributed by atoms with E-state index >= 15 is 0 Å². The van der Waals surface area contributed by atoms with Crippen LogP contribution in [0.3, 0.4) is 0 Å². The SMILES string of the molecule is CC(C)(C)NC(=O)O[C@H](C(=O)CI)C1C[C@H]2[C@H](C1)C2(F)F. The molecule has 0 aromatic heterocycles. The number of rotatable bonds is 4. The Morgan fingerprint density at radius 1 is 1.33 bits per heavy atom. The summed E-state index contributed by atoms with van der Waals surface area (Å²) in [5, 5.41) is 2.63. The number of ketones is 1. The number of carbonyl (C=O) groups excluding carboxylic acids is 2. The quantitative estimate of drug-likeness (QED) is 0.567. The first-order valence-electron chi connectivity index (χ1n) is 7.01. The van der Waals surface area contributed by atoms with Gasteiger partial charge < -0.3 is 10.1 Å². The van der Waals surface area contributed by atoms with Gasteiger partial charge in [0.15, 0.2) is 11.9 Å². The van der Waals surface area contributed by atoms with Gasteiger partial charge in [-0.15, -0.1) is 0 Å². The first kappa shape index (κ1) is 16.9. The second kappa shape index (κ2) is 5.62. The number of Topliss-reactive ketones (excluding diaryl/α,β-unsaturated/α-hetero) is 1. The molecular weight excluding hydrogens is 395 g/mol. The number of hydrogen-bond donors (Lipinski definition) is 1. The molecular formula is C14H20F2INO3. The molecule has 1 amide bonds. The van der Waals surface area contributed by atoms with E-state index in [0.717, 1.165) is 0 Å². The molecule has 2 saturated carbocycles. The molecule has 0 spiro atoms. The van der Waals surface area contributed by atoms with Crippen LogP contribution in [0.15, 0.2) is 0 Å². The van der Waals surface area contributed by atoms with Crippen molar-refractivity contribution < 1.29 is 23.1 Å². The van der Waals surface area contributed by atoms with E-state index in [0.29, 0.717) is 0 Å². The van der Waals surface area contributed by atoms with Crippen molar-refractivity contribution in [2.75, 3.05) is 4.43 Å². The molecule has 2 aliphatic rings. The number of halogens is 3. The van der Waals surface area contributed by atoms with E-state index in [4.69, 9.17) is 4.74 Å². The third kappa shape index (κ3) is 3.65. The van der Waals surface area contributed by atoms with Crippen LogP contribution >= 0.6 is 22.6 Å². The van der Waals surface area contributed by atoms with E-state index in [-0.39, 0.29) is 29.0 Å². The van der Waals surface area contributed by atoms with Gasteiger partial charge in [-0.05, 0) is 33.6 Å². The number of amides is 1. The number of hydrogen-bond acceptors (Lipinski definition) is 3. The summed E-state index contributed by atoms with van der Waals surface area (Å²) in [6, 6.07) is 0. The van der Waals surface area contributed by atoms with Crippen molar-refractivity contribution in [1.82, 2.24) is 5.32 Å². The average molecular weight is 415 g/mol. The highest BCUT2D eigenvalue weighted by molar-refractivity contribution is 14.1. The molecule has 0 unspecified atom stereocenters. The molecule has 0 bridgehead atoms. The number of fused-ring (bicyclic) bond motifs is 1. The van der Waals surface area contributed by atoms with Crippen molar-refractivity contribution >= 4 is 34.5 Å². The molecule has 0 aromatic carbocycles. The Kier molecular flexibility index (Phi) is 4.52. The Morgan fingerprint density at radius 3 is 2.29 bits per heavy atom. The van der Waals surface area contributed by atoms with Crippen molar-refractivity contribution in [3.8, 4) is 0 Å². The zero-order valence-corrected chi connectivity index (χ0v) is 14.4. The third-order valence-electron chi connectivity index (χ3n) is 4.07. The molecule has 0 aromatic rings. The number of nitrogens with one attached hydrogen (secondary N) is 1. The molecule has 7 heteroatoms. The lowest BCUT2D eigenvalue weighted by atomic mass is 9.93. The smallest absolute Gasteiger partial charge is 0.408 e. The molecule has 21 heavy (non-hydrogen) atoms. The van der Waals surface area contributed by atoms with Gasteiger partial charge in [0.25, 0.3) is 5.92 Å². The fraction of sp³-hybridized carbons (Fsp3) is 0.857. The maximum Gasteiger partial charge on any atom is 0.408 e. The highest BCUT2D eigenvalue weighted by Crippen LogP contribution is 2.66. The minimum atomic E-state index is -2.58. The topological polar surface area (TPSA) is 55.4 Å². The maximum atomic E-state index is 13.2. The van der Waals surface area contributed by atoms with Crippen LogP contribution in [-0.2, 0) is 9.53 Å². The van der Waals surface area contributed by atoms with Crippen molar-refractivity contribution in [2.24, 2.45) is 17.8 Å². The Bertz CT molecular complexity index is 436. The lowest BCUT2D eigenvalue weighted by Gasteiger charge is -2.27. The predicted molar refractivity (Wildman–Crippen MR) is 81.7 cm³/mol. The van der Waals surface area contributed by atoms with Gasteiger partial charge >= 0.3 is 6.09 Å². The van der Waals surface area contributed by atoms with Gasteiger partial charge in [-0.25, -0.2) is 13.6 Å². The molecule has 0 saturated heterocycles. The third-order valence-corrected chi connectivity index (χ3v) is 4.82. The fourth-order valence-corrected chi connectivity index (χ4v) is 3.49. The van der Waals surface area contributed by atoms with Crippen molar-refractivity contribution in [2.45, 2.75) is 51.2 Å². The molecule has 120 valence electrons. The Labute approximate surface area is 136 Å². The van der Waals surface area contributed by atoms with Crippen LogP contribution in [0.1, 0.15) is 33.6 Å². The number of alkyl halides is 3. The normalized spacial score (nSPS) is 28.7. The zero-order chi connectivity index (χ0) is 16.0. The standard InChI is InChI=1S/C14H20F2INO3/c1-13(2,3)18-12(20)21-11(10(19)6-17)7-4-8-9(5-7)14(8,15)16/h7-9,11H,4-6H2,1-3H3,(H,18,20)/t8-,9-,11-/m0/s1. The molecule has 3 atom stereocenters. The second-order valence-corrected chi connectivity index (χ2v) is 7.68. The van der Waals surface area contributed by atoms with E-state index in [1.165, 1.54) is 0 Å². The monoisotopic (exact) mass is 415 g/mol. The van der Waals surface area contributed by atoms with Gasteiger partial charge in [-0.1, -0.05) is 22.6 Å². The minimum Gasteiger partial charge on any atom is -0.438 e. The molecule has 2 fully saturated rings. The lowest BCUT2D eigenvalue weighted by Crippen LogP contribution is -2.45. The van der Waals surface area contributed by atoms with Gasteiger partial charge in [-0.2, -0.15) is 0 Å². The first-order chi connectivity index (χ1) is 9.56. The molecule has 0 heterocycles. The van der Waals surface area contributed by atoms with E-state index < -0.39 is 35.5 Å². The number of ether oxygens (including phenoxy) is 1. The van der Waals surface area contributed by atoms with Gasteiger partial charge in [0, 0.05) is 23.3 Å². The molecule has 2 aliphatic carbocycles. The fourth-order valence-electron chi connectivity index (χ4n) is 3.05. The van der Waals surface area contributed by atoms with Crippen LogP contribution < -0.4 is 5.32 Å². The summed E-state index contributed by atoms with van der Waals surface area (Å²) in [5.74, 6) is -4.35. The van der Waals surface area contributed by atoms with Crippen LogP contribution in [0.2, 0.25) is 0 Å². The van der Waals surface area contributed by atoms with Crippen LogP contribution in [0.5, 0.6) is 0 Å². The van der Waals surface area contributed by atoms with E-state index in [9.17, 15) is 18.4 Å². The van der Waals surface area contributed by atoms with Gasteiger partial charge in [0.2, 0.25) is 0 Å². The van der Waals surface area contributed by atoms with Crippen LogP contribution in [0, 0.1) is 17.8 Å². The van der Waals surface area contributed by atoms with Gasteiger partial charge in [0.1, 0.15) is 0 Å². The minimum absolute atomic E-state index is 0.202. The molecule has 2 rings (SSSR count). The summed E-state index contributed by atoms with van der Waals surface area (Å²) in [6.45, 7) is 5.40. The summed E-state index contributed by atoms with van der Waals surface area (Å²) >= 11 is 1.90. The zero-order valence-electron chi connectivity index (χ0n) is 12.3. The summed E-state index contributed by atoms with van der Waals surface area (Å²) in [6.07, 6.45) is -1.06. The van der Waals surface area contributed by atoms with Crippen molar-refractivity contribution in [3.05, 3.63) is 0 Å². The Hall–Kier alpha value is -0.470. The highest BCUT2D eigenvalue weighted by atomic mass is 127. The van der Waals surface area contributed by atoms with Gasteiger partial charge in [-0.3, -0.25) is 4.79 Å². The Morgan fingerprint density at radius 2 is 1.86 bits per heavy atom. The molecule has 0 radical (unpaired) electrons. The van der Waals surface area contributed by atoms with Crippen molar-refractivity contribution in [3.63, 3.8) is 0 Å². The lowest BCUT2D eigenvalue weighted by molar-refractivity contribution is -0.127.